The molecule has 44 heavy (non-hydrogen) atoms. The van der Waals surface area contributed by atoms with E-state index >= 15 is 0 Å². The molecule has 0 saturated carbocycles. The first-order valence-electron chi connectivity index (χ1n) is 14.0. The average molecular weight is 732 g/mol. The maximum absolute atomic E-state index is 14.2. The van der Waals surface area contributed by atoms with Gasteiger partial charge in [0.25, 0.3) is 5.91 Å². The van der Waals surface area contributed by atoms with Crippen LogP contribution in [0.2, 0.25) is 0 Å². The number of phosphoric ester groups is 1. The summed E-state index contributed by atoms with van der Waals surface area (Å²) < 4.78 is 16.6. The summed E-state index contributed by atoms with van der Waals surface area (Å²) in [6.07, 6.45) is 3.96. The third kappa shape index (κ3) is 8.78. The van der Waals surface area contributed by atoms with Crippen molar-refractivity contribution in [1.82, 2.24) is 10.2 Å². The molecule has 1 aliphatic rings. The molecule has 2 atom stereocenters. The van der Waals surface area contributed by atoms with Crippen molar-refractivity contribution in [1.29, 1.82) is 0 Å². The predicted molar refractivity (Wildman–Crippen MR) is 177 cm³/mol. The number of hydrogen-bond donors (Lipinski definition) is 3. The highest BCUT2D eigenvalue weighted by Gasteiger charge is 2.43. The maximum atomic E-state index is 14.2. The van der Waals surface area contributed by atoms with Crippen LogP contribution in [0.15, 0.2) is 84.9 Å². The molecule has 0 spiro atoms. The number of likely N-dealkylation sites (tertiary alicyclic amines) is 1. The van der Waals surface area contributed by atoms with Gasteiger partial charge in [-0.1, -0.05) is 51.1 Å². The van der Waals surface area contributed by atoms with Crippen LogP contribution in [-0.4, -0.2) is 51.0 Å². The third-order valence-corrected chi connectivity index (χ3v) is 8.24. The molecule has 3 aromatic carbocycles. The van der Waals surface area contributed by atoms with E-state index in [-0.39, 0.29) is 17.6 Å². The fourth-order valence-electron chi connectivity index (χ4n) is 4.96. The average Bonchev–Trinajstić information content (AvgIpc) is 3.46. The van der Waals surface area contributed by atoms with Crippen LogP contribution in [-0.2, 0) is 18.9 Å². The number of para-hydroxylation sites is 1. The van der Waals surface area contributed by atoms with Gasteiger partial charge >= 0.3 is 7.82 Å². The molecule has 3 amide bonds. The molecule has 0 aromatic heterocycles. The second kappa shape index (κ2) is 14.1. The van der Waals surface area contributed by atoms with Gasteiger partial charge in [-0.05, 0) is 101 Å². The second-order valence-corrected chi connectivity index (χ2v) is 13.9. The third-order valence-electron chi connectivity index (χ3n) is 7.07. The number of nitrogens with zero attached hydrogens (tertiary/aromatic N) is 2. The Morgan fingerprint density at radius 3 is 2.20 bits per heavy atom. The van der Waals surface area contributed by atoms with Crippen molar-refractivity contribution in [3.63, 3.8) is 0 Å². The van der Waals surface area contributed by atoms with Gasteiger partial charge in [-0.3, -0.25) is 29.1 Å². The number of halogens is 1. The fraction of sp³-hybridized carbons (Fsp3) is 0.281. The van der Waals surface area contributed by atoms with Crippen LogP contribution >= 0.6 is 30.4 Å². The van der Waals surface area contributed by atoms with E-state index in [9.17, 15) is 18.9 Å². The number of carbonyl (C=O) groups is 3. The lowest BCUT2D eigenvalue weighted by Crippen LogP contribution is -2.57. The monoisotopic (exact) mass is 731 g/mol. The lowest BCUT2D eigenvalue weighted by atomic mass is 9.85. The number of amides is 3. The molecule has 3 aromatic rings. The van der Waals surface area contributed by atoms with Crippen LogP contribution in [0.25, 0.3) is 6.08 Å². The Bertz CT molecular complexity index is 1550. The number of carbonyl (C=O) groups excluding carboxylic acids is 3. The standard InChI is InChI=1S/C32H35IN3O7P/c1-32(2,3)29(34-28(37)20-13-22-11-18-26(19-12-22)43-44(40,41)42)31(39)35-21-7-10-27(35)30(38)36(24-8-5-4-6-9-24)25-16-14-23(33)15-17-25/h4-6,8-9,11-20,27,29H,7,10,21H2,1-3H3,(H,34,37)(H2,40,41,42)/b20-13+/t27-,29+/m0/s1. The van der Waals surface area contributed by atoms with E-state index in [2.05, 4.69) is 32.4 Å². The zero-order chi connectivity index (χ0) is 32.1. The van der Waals surface area contributed by atoms with Crippen LogP contribution in [0.5, 0.6) is 5.75 Å². The molecule has 0 radical (unpaired) electrons. The highest BCUT2D eigenvalue weighted by molar-refractivity contribution is 14.1. The molecule has 0 unspecified atom stereocenters. The maximum Gasteiger partial charge on any atom is 0.524 e. The highest BCUT2D eigenvalue weighted by atomic mass is 127. The molecule has 0 bridgehead atoms. The molecule has 12 heteroatoms. The predicted octanol–water partition coefficient (Wildman–Crippen LogP) is 5.66. The SMILES string of the molecule is CC(C)(C)[C@H](NC(=O)/C=C/c1ccc(OP(=O)(O)O)cc1)C(=O)N1CCC[C@H]1C(=O)N(c1ccccc1)c1ccc(I)cc1. The van der Waals surface area contributed by atoms with E-state index in [0.29, 0.717) is 36.3 Å². The Kier molecular flexibility index (Phi) is 10.7. The number of anilines is 2. The van der Waals surface area contributed by atoms with Crippen molar-refractivity contribution < 1.29 is 33.3 Å². The molecule has 3 N–H and O–H groups in total. The topological polar surface area (TPSA) is 136 Å². The van der Waals surface area contributed by atoms with Gasteiger partial charge in [-0.25, -0.2) is 4.57 Å². The Labute approximate surface area is 270 Å². The van der Waals surface area contributed by atoms with Gasteiger partial charge in [-0.2, -0.15) is 0 Å². The van der Waals surface area contributed by atoms with Crippen LogP contribution in [0.3, 0.4) is 0 Å². The zero-order valence-corrected chi connectivity index (χ0v) is 27.6. The van der Waals surface area contributed by atoms with Crippen molar-refractivity contribution in [2.45, 2.75) is 45.7 Å². The minimum absolute atomic E-state index is 0.0131. The van der Waals surface area contributed by atoms with Crippen LogP contribution in [0.1, 0.15) is 39.2 Å². The lowest BCUT2D eigenvalue weighted by Gasteiger charge is -2.36. The molecule has 0 aliphatic carbocycles. The zero-order valence-electron chi connectivity index (χ0n) is 24.6. The van der Waals surface area contributed by atoms with Crippen molar-refractivity contribution in [2.24, 2.45) is 5.41 Å². The Balaban J connectivity index is 1.52. The van der Waals surface area contributed by atoms with E-state index in [0.717, 1.165) is 3.57 Å². The van der Waals surface area contributed by atoms with Crippen molar-refractivity contribution in [3.8, 4) is 5.75 Å². The van der Waals surface area contributed by atoms with Crippen molar-refractivity contribution in [2.75, 3.05) is 11.4 Å². The summed E-state index contributed by atoms with van der Waals surface area (Å²) >= 11 is 2.21. The van der Waals surface area contributed by atoms with E-state index in [1.165, 1.54) is 36.4 Å². The van der Waals surface area contributed by atoms with E-state index in [1.807, 2.05) is 75.4 Å². The number of hydrogen-bond acceptors (Lipinski definition) is 5. The van der Waals surface area contributed by atoms with Gasteiger partial charge in [0, 0.05) is 27.6 Å². The van der Waals surface area contributed by atoms with Gasteiger partial charge in [0.05, 0.1) is 0 Å². The van der Waals surface area contributed by atoms with E-state index in [4.69, 9.17) is 9.79 Å². The summed E-state index contributed by atoms with van der Waals surface area (Å²) in [4.78, 5) is 62.4. The number of nitrogens with one attached hydrogen (secondary N) is 1. The lowest BCUT2D eigenvalue weighted by molar-refractivity contribution is -0.142. The molecule has 4 rings (SSSR count). The summed E-state index contributed by atoms with van der Waals surface area (Å²) in [5.74, 6) is -1.06. The largest absolute Gasteiger partial charge is 0.524 e. The van der Waals surface area contributed by atoms with E-state index < -0.39 is 31.2 Å². The molecular weight excluding hydrogens is 696 g/mol. The minimum Gasteiger partial charge on any atom is -0.404 e. The Hall–Kier alpha value is -3.51. The van der Waals surface area contributed by atoms with Crippen LogP contribution < -0.4 is 14.7 Å². The summed E-state index contributed by atoms with van der Waals surface area (Å²) in [6, 6.07) is 21.2. The van der Waals surface area contributed by atoms with Crippen molar-refractivity contribution in [3.05, 3.63) is 94.1 Å². The quantitative estimate of drug-likeness (QED) is 0.147. The first-order chi connectivity index (χ1) is 20.7. The normalized spacial score (nSPS) is 16.0. The van der Waals surface area contributed by atoms with Gasteiger partial charge < -0.3 is 14.7 Å². The summed E-state index contributed by atoms with van der Waals surface area (Å²) in [5, 5.41) is 2.83. The summed E-state index contributed by atoms with van der Waals surface area (Å²) in [6.45, 7) is 5.96. The first kappa shape index (κ1) is 33.4. The Morgan fingerprint density at radius 1 is 1.00 bits per heavy atom. The van der Waals surface area contributed by atoms with Gasteiger partial charge in [0.2, 0.25) is 11.8 Å². The fourth-order valence-corrected chi connectivity index (χ4v) is 5.72. The Morgan fingerprint density at radius 2 is 1.61 bits per heavy atom. The van der Waals surface area contributed by atoms with Gasteiger partial charge in [0.15, 0.2) is 0 Å². The molecule has 1 fully saturated rings. The molecule has 1 heterocycles. The molecule has 10 nitrogen and oxygen atoms in total. The number of benzene rings is 3. The number of phosphoric acid groups is 1. The molecular formula is C32H35IN3O7P. The molecule has 1 saturated heterocycles. The second-order valence-electron chi connectivity index (χ2n) is 11.5. The van der Waals surface area contributed by atoms with Crippen molar-refractivity contribution >= 4 is 65.6 Å². The summed E-state index contributed by atoms with van der Waals surface area (Å²) in [7, 11) is -4.68. The molecule has 232 valence electrons. The number of rotatable bonds is 9. The summed E-state index contributed by atoms with van der Waals surface area (Å²) in [5.41, 5.74) is 1.32. The van der Waals surface area contributed by atoms with Crippen LogP contribution in [0.4, 0.5) is 11.4 Å². The first-order valence-corrected chi connectivity index (χ1v) is 16.6. The van der Waals surface area contributed by atoms with Crippen LogP contribution in [0, 0.1) is 8.99 Å². The minimum atomic E-state index is -4.68. The molecule has 1 aliphatic heterocycles. The van der Waals surface area contributed by atoms with Gasteiger partial charge in [0.1, 0.15) is 17.8 Å². The smallest absolute Gasteiger partial charge is 0.404 e. The van der Waals surface area contributed by atoms with Gasteiger partial charge in [-0.15, -0.1) is 0 Å². The van der Waals surface area contributed by atoms with E-state index in [1.54, 1.807) is 9.80 Å². The highest BCUT2D eigenvalue weighted by Crippen LogP contribution is 2.37.